The highest BCUT2D eigenvalue weighted by Crippen LogP contribution is 2.17. The molecule has 0 saturated carbocycles. The predicted molar refractivity (Wildman–Crippen MR) is 312 cm³/mol. The monoisotopic (exact) mass is 1010 g/mol. The van der Waals surface area contributed by atoms with Gasteiger partial charge in [-0.3, -0.25) is 14.4 Å². The minimum atomic E-state index is -0.774. The molecule has 0 saturated heterocycles. The molecule has 0 aliphatic carbocycles. The normalized spacial score (nSPS) is 12.2. The van der Waals surface area contributed by atoms with E-state index in [1.165, 1.54) is 238 Å². The highest BCUT2D eigenvalue weighted by atomic mass is 16.6. The van der Waals surface area contributed by atoms with E-state index in [4.69, 9.17) is 14.2 Å². The molecule has 0 amide bonds. The Labute approximate surface area is 448 Å². The third-order valence-corrected chi connectivity index (χ3v) is 14.4. The van der Waals surface area contributed by atoms with Gasteiger partial charge in [-0.15, -0.1) is 0 Å². The van der Waals surface area contributed by atoms with Crippen LogP contribution in [-0.4, -0.2) is 37.2 Å². The molecule has 0 aliphatic heterocycles. The maximum Gasteiger partial charge on any atom is 0.306 e. The summed E-state index contributed by atoms with van der Waals surface area (Å²) in [5.41, 5.74) is 0. The lowest BCUT2D eigenvalue weighted by molar-refractivity contribution is -0.167. The molecule has 0 aliphatic rings. The van der Waals surface area contributed by atoms with E-state index in [2.05, 4.69) is 57.2 Å². The van der Waals surface area contributed by atoms with Crippen molar-refractivity contribution in [2.24, 2.45) is 0 Å². The van der Waals surface area contributed by atoms with E-state index in [-0.39, 0.29) is 31.1 Å². The first-order chi connectivity index (χ1) is 35.5. The van der Waals surface area contributed by atoms with Gasteiger partial charge in [0.1, 0.15) is 13.2 Å². The van der Waals surface area contributed by atoms with Crippen molar-refractivity contribution < 1.29 is 28.6 Å². The van der Waals surface area contributed by atoms with Crippen LogP contribution >= 0.6 is 0 Å². The van der Waals surface area contributed by atoms with Crippen LogP contribution in [0.4, 0.5) is 0 Å². The number of unbranched alkanes of at least 4 members (excludes halogenated alkanes) is 42. The maximum atomic E-state index is 12.9. The molecule has 1 unspecified atom stereocenters. The van der Waals surface area contributed by atoms with Crippen molar-refractivity contribution in [2.45, 2.75) is 354 Å². The second-order valence-electron chi connectivity index (χ2n) is 21.7. The van der Waals surface area contributed by atoms with E-state index < -0.39 is 6.10 Å². The van der Waals surface area contributed by atoms with Crippen LogP contribution in [0.15, 0.2) is 36.5 Å². The minimum Gasteiger partial charge on any atom is -0.462 e. The van der Waals surface area contributed by atoms with E-state index in [1.807, 2.05) is 0 Å². The number of rotatable bonds is 59. The summed E-state index contributed by atoms with van der Waals surface area (Å²) in [6, 6.07) is 0. The molecule has 0 aromatic heterocycles. The standard InChI is InChI=1S/C66H122O6/c1-4-7-10-13-16-19-22-25-27-29-31-32-33-34-36-37-39-41-44-47-50-53-56-59-65(68)71-62-63(61-70-64(67)58-55-52-49-46-43-24-21-18-15-12-9-6-3)72-66(69)60-57-54-51-48-45-42-40-38-35-30-28-26-23-20-17-14-11-8-5-2/h18,21-22,25,29,31,63H,4-17,19-20,23-24,26-28,30,32-62H2,1-3H3/b21-18-,25-22-,31-29-. The van der Waals surface area contributed by atoms with Crippen molar-refractivity contribution in [3.05, 3.63) is 36.5 Å². The van der Waals surface area contributed by atoms with Gasteiger partial charge in [0.15, 0.2) is 6.10 Å². The Balaban J connectivity index is 4.26. The zero-order valence-corrected chi connectivity index (χ0v) is 48.5. The summed E-state index contributed by atoms with van der Waals surface area (Å²) in [5.74, 6) is -0.860. The number of esters is 3. The quantitative estimate of drug-likeness (QED) is 0.0261. The minimum absolute atomic E-state index is 0.0717. The number of hydrogen-bond acceptors (Lipinski definition) is 6. The average Bonchev–Trinajstić information content (AvgIpc) is 3.38. The molecule has 422 valence electrons. The molecule has 72 heavy (non-hydrogen) atoms. The van der Waals surface area contributed by atoms with Gasteiger partial charge in [-0.2, -0.15) is 0 Å². The highest BCUT2D eigenvalue weighted by Gasteiger charge is 2.19. The van der Waals surface area contributed by atoms with Crippen molar-refractivity contribution in [3.63, 3.8) is 0 Å². The summed E-state index contributed by atoms with van der Waals surface area (Å²) < 4.78 is 16.9. The first-order valence-electron chi connectivity index (χ1n) is 32.0. The molecule has 6 nitrogen and oxygen atoms in total. The van der Waals surface area contributed by atoms with Gasteiger partial charge in [0.05, 0.1) is 0 Å². The fourth-order valence-corrected chi connectivity index (χ4v) is 9.53. The number of allylic oxidation sites excluding steroid dienone is 6. The summed E-state index contributed by atoms with van der Waals surface area (Å²) in [5, 5.41) is 0. The fourth-order valence-electron chi connectivity index (χ4n) is 9.53. The molecule has 0 aromatic carbocycles. The second-order valence-corrected chi connectivity index (χ2v) is 21.7. The molecule has 0 heterocycles. The molecule has 0 aromatic rings. The van der Waals surface area contributed by atoms with Crippen molar-refractivity contribution in [1.82, 2.24) is 0 Å². The molecule has 0 spiro atoms. The van der Waals surface area contributed by atoms with Crippen LogP contribution in [0.1, 0.15) is 348 Å². The van der Waals surface area contributed by atoms with E-state index in [1.54, 1.807) is 0 Å². The lowest BCUT2D eigenvalue weighted by atomic mass is 10.0. The van der Waals surface area contributed by atoms with E-state index in [0.717, 1.165) is 70.6 Å². The van der Waals surface area contributed by atoms with Crippen LogP contribution in [-0.2, 0) is 28.6 Å². The Morgan fingerprint density at radius 2 is 0.500 bits per heavy atom. The van der Waals surface area contributed by atoms with Crippen LogP contribution < -0.4 is 0 Å². The van der Waals surface area contributed by atoms with Gasteiger partial charge in [0.2, 0.25) is 0 Å². The van der Waals surface area contributed by atoms with E-state index in [0.29, 0.717) is 19.3 Å². The highest BCUT2D eigenvalue weighted by molar-refractivity contribution is 5.71. The van der Waals surface area contributed by atoms with Crippen LogP contribution in [0.3, 0.4) is 0 Å². The Morgan fingerprint density at radius 1 is 0.278 bits per heavy atom. The zero-order valence-electron chi connectivity index (χ0n) is 48.5. The molecular weight excluding hydrogens is 889 g/mol. The number of carbonyl (C=O) groups is 3. The van der Waals surface area contributed by atoms with Crippen molar-refractivity contribution >= 4 is 17.9 Å². The number of carbonyl (C=O) groups excluding carboxylic acids is 3. The topological polar surface area (TPSA) is 78.9 Å². The van der Waals surface area contributed by atoms with Crippen molar-refractivity contribution in [1.29, 1.82) is 0 Å². The Kier molecular flexibility index (Phi) is 59.2. The molecular formula is C66H122O6. The Hall–Kier alpha value is -2.37. The first-order valence-corrected chi connectivity index (χ1v) is 32.0. The third-order valence-electron chi connectivity index (χ3n) is 14.4. The van der Waals surface area contributed by atoms with Crippen LogP contribution in [0.2, 0.25) is 0 Å². The van der Waals surface area contributed by atoms with E-state index in [9.17, 15) is 14.4 Å². The van der Waals surface area contributed by atoms with Crippen molar-refractivity contribution in [2.75, 3.05) is 13.2 Å². The largest absolute Gasteiger partial charge is 0.462 e. The molecule has 0 fully saturated rings. The van der Waals surface area contributed by atoms with Gasteiger partial charge in [-0.1, -0.05) is 288 Å². The Morgan fingerprint density at radius 3 is 0.806 bits per heavy atom. The second kappa shape index (κ2) is 61.2. The van der Waals surface area contributed by atoms with Gasteiger partial charge in [-0.05, 0) is 77.0 Å². The van der Waals surface area contributed by atoms with Crippen LogP contribution in [0.5, 0.6) is 0 Å². The smallest absolute Gasteiger partial charge is 0.306 e. The lowest BCUT2D eigenvalue weighted by Crippen LogP contribution is -2.30. The molecule has 1 atom stereocenters. The fraction of sp³-hybridized carbons (Fsp3) is 0.864. The Bertz CT molecular complexity index is 1210. The zero-order chi connectivity index (χ0) is 52.2. The number of hydrogen-bond donors (Lipinski definition) is 0. The third kappa shape index (κ3) is 58.5. The summed E-state index contributed by atoms with van der Waals surface area (Å²) in [7, 11) is 0. The lowest BCUT2D eigenvalue weighted by Gasteiger charge is -2.18. The van der Waals surface area contributed by atoms with Crippen molar-refractivity contribution in [3.8, 4) is 0 Å². The molecule has 0 rings (SSSR count). The van der Waals surface area contributed by atoms with Gasteiger partial charge < -0.3 is 14.2 Å². The van der Waals surface area contributed by atoms with Gasteiger partial charge in [-0.25, -0.2) is 0 Å². The van der Waals surface area contributed by atoms with E-state index >= 15 is 0 Å². The van der Waals surface area contributed by atoms with Gasteiger partial charge in [0.25, 0.3) is 0 Å². The van der Waals surface area contributed by atoms with Gasteiger partial charge >= 0.3 is 17.9 Å². The molecule has 0 N–H and O–H groups in total. The first kappa shape index (κ1) is 69.6. The molecule has 0 radical (unpaired) electrons. The summed E-state index contributed by atoms with van der Waals surface area (Å²) in [6.07, 6.45) is 74.4. The average molecular weight is 1010 g/mol. The maximum absolute atomic E-state index is 12.9. The molecule has 6 heteroatoms. The van der Waals surface area contributed by atoms with Gasteiger partial charge in [0, 0.05) is 19.3 Å². The molecule has 0 bridgehead atoms. The van der Waals surface area contributed by atoms with Crippen LogP contribution in [0.25, 0.3) is 0 Å². The number of ether oxygens (including phenoxy) is 3. The summed E-state index contributed by atoms with van der Waals surface area (Å²) in [4.78, 5) is 38.3. The van der Waals surface area contributed by atoms with Crippen LogP contribution in [0, 0.1) is 0 Å². The SMILES string of the molecule is CCCCC/C=C\CCCCCCCC(=O)OCC(COC(=O)CCCCCCCCCCCCC/C=C\C/C=C\CCCCCCC)OC(=O)CCCCCCCCCCCCCCCCCCCCC. The predicted octanol–water partition coefficient (Wildman–Crippen LogP) is 21.6. The summed E-state index contributed by atoms with van der Waals surface area (Å²) in [6.45, 7) is 6.65. The summed E-state index contributed by atoms with van der Waals surface area (Å²) >= 11 is 0.